The molecule has 1 aliphatic heterocycles. The lowest BCUT2D eigenvalue weighted by atomic mass is 9.99. The molecule has 1 aromatic rings. The minimum absolute atomic E-state index is 0.0298. The highest BCUT2D eigenvalue weighted by Gasteiger charge is 2.27. The van der Waals surface area contributed by atoms with Gasteiger partial charge in [-0.05, 0) is 30.7 Å². The molecule has 16 heavy (non-hydrogen) atoms. The number of aliphatic hydroxyl groups is 1. The lowest BCUT2D eigenvalue weighted by Crippen LogP contribution is -2.25. The molecule has 0 saturated carbocycles. The largest absolute Gasteiger partial charge is 0.489 e. The Balaban J connectivity index is 2.21. The van der Waals surface area contributed by atoms with E-state index >= 15 is 0 Å². The first-order chi connectivity index (χ1) is 7.61. The predicted octanol–water partition coefficient (Wildman–Crippen LogP) is 1.82. The van der Waals surface area contributed by atoms with Crippen molar-refractivity contribution in [1.82, 2.24) is 0 Å². The van der Waals surface area contributed by atoms with Gasteiger partial charge in [0.15, 0.2) is 5.78 Å². The fourth-order valence-electron chi connectivity index (χ4n) is 1.93. The number of carbonyl (C=O) groups is 1. The zero-order valence-electron chi connectivity index (χ0n) is 9.56. The molecule has 0 bridgehead atoms. The van der Waals surface area contributed by atoms with E-state index in [0.29, 0.717) is 0 Å². The van der Waals surface area contributed by atoms with Gasteiger partial charge in [0, 0.05) is 24.5 Å². The number of aliphatic hydroxyl groups excluding tert-OH is 1. The monoisotopic (exact) mass is 220 g/mol. The molecule has 0 saturated heterocycles. The van der Waals surface area contributed by atoms with Crippen LogP contribution in [0, 0.1) is 5.92 Å². The summed E-state index contributed by atoms with van der Waals surface area (Å²) < 4.78 is 5.72. The smallest absolute Gasteiger partial charge is 0.159 e. The molecule has 3 heteroatoms. The highest BCUT2D eigenvalue weighted by atomic mass is 16.5. The molecule has 0 aromatic heterocycles. The second-order valence-corrected chi connectivity index (χ2v) is 4.40. The summed E-state index contributed by atoms with van der Waals surface area (Å²) in [4.78, 5) is 11.2. The molecule has 2 unspecified atom stereocenters. The van der Waals surface area contributed by atoms with Crippen LogP contribution in [0.25, 0.3) is 0 Å². The van der Waals surface area contributed by atoms with Crippen LogP contribution in [0.3, 0.4) is 0 Å². The molecule has 0 spiro atoms. The van der Waals surface area contributed by atoms with Gasteiger partial charge in [-0.2, -0.15) is 0 Å². The van der Waals surface area contributed by atoms with Gasteiger partial charge >= 0.3 is 0 Å². The lowest BCUT2D eigenvalue weighted by Gasteiger charge is -2.16. The summed E-state index contributed by atoms with van der Waals surface area (Å²) in [5.74, 6) is 1.03. The molecule has 0 aliphatic carbocycles. The van der Waals surface area contributed by atoms with Crippen LogP contribution >= 0.6 is 0 Å². The number of Topliss-reactive ketones (excluding diaryl/α,β-unsaturated/α-hetero) is 1. The van der Waals surface area contributed by atoms with Gasteiger partial charge in [0.25, 0.3) is 0 Å². The van der Waals surface area contributed by atoms with Crippen LogP contribution in [0.15, 0.2) is 18.2 Å². The van der Waals surface area contributed by atoms with Crippen molar-refractivity contribution >= 4 is 5.78 Å². The average molecular weight is 220 g/mol. The molecular formula is C13H16O3. The third kappa shape index (κ3) is 1.95. The van der Waals surface area contributed by atoms with Gasteiger partial charge in [0.1, 0.15) is 11.9 Å². The highest BCUT2D eigenvalue weighted by molar-refractivity contribution is 5.94. The average Bonchev–Trinajstić information content (AvgIpc) is 2.70. The van der Waals surface area contributed by atoms with E-state index in [4.69, 9.17) is 9.84 Å². The summed E-state index contributed by atoms with van der Waals surface area (Å²) in [6.45, 7) is 3.64. The number of ether oxygens (including phenoxy) is 1. The Morgan fingerprint density at radius 2 is 2.38 bits per heavy atom. The van der Waals surface area contributed by atoms with E-state index in [1.807, 2.05) is 19.1 Å². The van der Waals surface area contributed by atoms with Crippen LogP contribution in [0.4, 0.5) is 0 Å². The van der Waals surface area contributed by atoms with Crippen LogP contribution in [0.1, 0.15) is 29.8 Å². The van der Waals surface area contributed by atoms with Crippen molar-refractivity contribution in [2.24, 2.45) is 5.92 Å². The molecule has 2 atom stereocenters. The Kier molecular flexibility index (Phi) is 2.97. The maximum absolute atomic E-state index is 11.2. The number of hydrogen-bond acceptors (Lipinski definition) is 3. The molecule has 1 heterocycles. The van der Waals surface area contributed by atoms with Crippen LogP contribution < -0.4 is 4.74 Å². The summed E-state index contributed by atoms with van der Waals surface area (Å²) in [5.41, 5.74) is 1.79. The van der Waals surface area contributed by atoms with Crippen LogP contribution in [-0.2, 0) is 6.42 Å². The quantitative estimate of drug-likeness (QED) is 0.790. The van der Waals surface area contributed by atoms with Crippen molar-refractivity contribution in [3.63, 3.8) is 0 Å². The molecule has 0 radical (unpaired) electrons. The normalized spacial score (nSPS) is 20.1. The summed E-state index contributed by atoms with van der Waals surface area (Å²) >= 11 is 0. The van der Waals surface area contributed by atoms with Crippen molar-refractivity contribution in [3.8, 4) is 5.75 Å². The van der Waals surface area contributed by atoms with Crippen molar-refractivity contribution < 1.29 is 14.6 Å². The van der Waals surface area contributed by atoms with Gasteiger partial charge in [-0.25, -0.2) is 0 Å². The predicted molar refractivity (Wildman–Crippen MR) is 60.8 cm³/mol. The second-order valence-electron chi connectivity index (χ2n) is 4.40. The molecule has 0 amide bonds. The van der Waals surface area contributed by atoms with Crippen molar-refractivity contribution in [2.45, 2.75) is 26.4 Å². The third-order valence-electron chi connectivity index (χ3n) is 3.09. The maximum atomic E-state index is 11.2. The molecule has 0 fully saturated rings. The van der Waals surface area contributed by atoms with Gasteiger partial charge in [-0.15, -0.1) is 0 Å². The number of carbonyl (C=O) groups excluding carboxylic acids is 1. The Labute approximate surface area is 95.0 Å². The summed E-state index contributed by atoms with van der Waals surface area (Å²) in [6.07, 6.45) is 0.806. The molecule has 1 N–H and O–H groups in total. The molecule has 2 rings (SSSR count). The van der Waals surface area contributed by atoms with Gasteiger partial charge in [0.2, 0.25) is 0 Å². The Morgan fingerprint density at radius 1 is 1.62 bits per heavy atom. The van der Waals surface area contributed by atoms with Gasteiger partial charge in [-0.3, -0.25) is 4.79 Å². The third-order valence-corrected chi connectivity index (χ3v) is 3.09. The summed E-state index contributed by atoms with van der Waals surface area (Å²) in [6, 6.07) is 5.52. The number of rotatable bonds is 3. The Bertz CT molecular complexity index is 412. The van der Waals surface area contributed by atoms with E-state index in [2.05, 4.69) is 0 Å². The standard InChI is InChI=1S/C13H16O3/c1-8(7-14)13-6-11-5-10(9(2)15)3-4-12(11)16-13/h3-5,8,13-14H,6-7H2,1-2H3. The number of benzene rings is 1. The fourth-order valence-corrected chi connectivity index (χ4v) is 1.93. The minimum Gasteiger partial charge on any atom is -0.489 e. The van der Waals surface area contributed by atoms with E-state index in [9.17, 15) is 4.79 Å². The topological polar surface area (TPSA) is 46.5 Å². The summed E-state index contributed by atoms with van der Waals surface area (Å²) in [5, 5.41) is 9.08. The summed E-state index contributed by atoms with van der Waals surface area (Å²) in [7, 11) is 0. The first-order valence-electron chi connectivity index (χ1n) is 5.53. The maximum Gasteiger partial charge on any atom is 0.159 e. The van der Waals surface area contributed by atoms with E-state index in [-0.39, 0.29) is 24.4 Å². The fraction of sp³-hybridized carbons (Fsp3) is 0.462. The van der Waals surface area contributed by atoms with Crippen molar-refractivity contribution in [3.05, 3.63) is 29.3 Å². The van der Waals surface area contributed by atoms with Crippen LogP contribution in [0.2, 0.25) is 0 Å². The van der Waals surface area contributed by atoms with Gasteiger partial charge in [-0.1, -0.05) is 6.92 Å². The minimum atomic E-state index is 0.0298. The molecular weight excluding hydrogens is 204 g/mol. The second kappa shape index (κ2) is 4.26. The van der Waals surface area contributed by atoms with E-state index < -0.39 is 0 Å². The zero-order chi connectivity index (χ0) is 11.7. The highest BCUT2D eigenvalue weighted by Crippen LogP contribution is 2.32. The Hall–Kier alpha value is -1.35. The molecule has 86 valence electrons. The van der Waals surface area contributed by atoms with Gasteiger partial charge < -0.3 is 9.84 Å². The first-order valence-corrected chi connectivity index (χ1v) is 5.53. The first kappa shape index (κ1) is 11.1. The molecule has 1 aromatic carbocycles. The van der Waals surface area contributed by atoms with Gasteiger partial charge in [0.05, 0.1) is 0 Å². The van der Waals surface area contributed by atoms with Crippen LogP contribution in [0.5, 0.6) is 5.75 Å². The van der Waals surface area contributed by atoms with Crippen molar-refractivity contribution in [1.29, 1.82) is 0 Å². The zero-order valence-corrected chi connectivity index (χ0v) is 9.56. The van der Waals surface area contributed by atoms with Crippen molar-refractivity contribution in [2.75, 3.05) is 6.61 Å². The SMILES string of the molecule is CC(=O)c1ccc2c(c1)CC(C(C)CO)O2. The van der Waals surface area contributed by atoms with E-state index in [1.165, 1.54) is 0 Å². The molecule has 3 nitrogen and oxygen atoms in total. The number of hydrogen-bond donors (Lipinski definition) is 1. The number of ketones is 1. The molecule has 1 aliphatic rings. The Morgan fingerprint density at radius 3 is 3.00 bits per heavy atom. The number of fused-ring (bicyclic) bond motifs is 1. The van der Waals surface area contributed by atoms with Crippen LogP contribution in [-0.4, -0.2) is 23.6 Å². The lowest BCUT2D eigenvalue weighted by molar-refractivity contribution is 0.101. The van der Waals surface area contributed by atoms with E-state index in [0.717, 1.165) is 23.3 Å². The van der Waals surface area contributed by atoms with E-state index in [1.54, 1.807) is 13.0 Å².